The lowest BCUT2D eigenvalue weighted by Gasteiger charge is -2.10. The molecule has 1 unspecified atom stereocenters. The summed E-state index contributed by atoms with van der Waals surface area (Å²) in [5, 5.41) is 0. The molecule has 0 aliphatic carbocycles. The second-order valence-corrected chi connectivity index (χ2v) is 3.17. The van der Waals surface area contributed by atoms with Gasteiger partial charge in [0.25, 0.3) is 6.29 Å². The van der Waals surface area contributed by atoms with E-state index in [9.17, 15) is 9.59 Å². The van der Waals surface area contributed by atoms with Gasteiger partial charge < -0.3 is 9.47 Å². The van der Waals surface area contributed by atoms with Crippen molar-refractivity contribution in [2.75, 3.05) is 0 Å². The monoisotopic (exact) mass is 206 g/mol. The SMILES string of the molecule is CCC(=O)OC1OC(=O)c2ccccc21. The van der Waals surface area contributed by atoms with Crippen LogP contribution >= 0.6 is 0 Å². The van der Waals surface area contributed by atoms with Gasteiger partial charge in [-0.05, 0) is 6.07 Å². The Morgan fingerprint density at radius 3 is 2.93 bits per heavy atom. The van der Waals surface area contributed by atoms with E-state index < -0.39 is 12.3 Å². The summed E-state index contributed by atoms with van der Waals surface area (Å²) in [7, 11) is 0. The number of ether oxygens (including phenoxy) is 2. The van der Waals surface area contributed by atoms with E-state index in [1.165, 1.54) is 0 Å². The van der Waals surface area contributed by atoms with Gasteiger partial charge in [0.2, 0.25) is 0 Å². The molecule has 0 bridgehead atoms. The molecule has 0 spiro atoms. The lowest BCUT2D eigenvalue weighted by Crippen LogP contribution is -2.10. The number of fused-ring (bicyclic) bond motifs is 1. The number of hydrogen-bond donors (Lipinski definition) is 0. The van der Waals surface area contributed by atoms with Crippen molar-refractivity contribution < 1.29 is 19.1 Å². The number of rotatable bonds is 2. The normalized spacial score (nSPS) is 18.2. The first kappa shape index (κ1) is 9.71. The Hall–Kier alpha value is -1.84. The molecule has 0 aromatic heterocycles. The minimum absolute atomic E-state index is 0.260. The largest absolute Gasteiger partial charge is 0.421 e. The number of carbonyl (C=O) groups is 2. The van der Waals surface area contributed by atoms with E-state index in [-0.39, 0.29) is 12.4 Å². The van der Waals surface area contributed by atoms with E-state index in [0.29, 0.717) is 11.1 Å². The maximum atomic E-state index is 11.3. The van der Waals surface area contributed by atoms with Gasteiger partial charge in [-0.25, -0.2) is 4.79 Å². The van der Waals surface area contributed by atoms with E-state index in [1.807, 2.05) is 0 Å². The van der Waals surface area contributed by atoms with Crippen molar-refractivity contribution in [1.82, 2.24) is 0 Å². The highest BCUT2D eigenvalue weighted by atomic mass is 16.7. The molecule has 0 radical (unpaired) electrons. The molecule has 0 saturated carbocycles. The molecule has 2 rings (SSSR count). The molecule has 4 heteroatoms. The maximum absolute atomic E-state index is 11.3. The van der Waals surface area contributed by atoms with Crippen LogP contribution in [0.15, 0.2) is 24.3 Å². The predicted molar refractivity (Wildman–Crippen MR) is 51.0 cm³/mol. The standard InChI is InChI=1S/C11H10O4/c1-2-9(12)14-11-8-6-4-3-5-7(8)10(13)15-11/h3-6,11H,2H2,1H3. The number of benzene rings is 1. The topological polar surface area (TPSA) is 52.6 Å². The molecule has 1 aliphatic heterocycles. The smallest absolute Gasteiger partial charge is 0.342 e. The van der Waals surface area contributed by atoms with Crippen LogP contribution in [0.4, 0.5) is 0 Å². The zero-order chi connectivity index (χ0) is 10.8. The van der Waals surface area contributed by atoms with E-state index in [1.54, 1.807) is 31.2 Å². The Labute approximate surface area is 86.8 Å². The highest BCUT2D eigenvalue weighted by Gasteiger charge is 2.32. The fourth-order valence-electron chi connectivity index (χ4n) is 1.40. The summed E-state index contributed by atoms with van der Waals surface area (Å²) in [6.07, 6.45) is -0.614. The summed E-state index contributed by atoms with van der Waals surface area (Å²) in [5.74, 6) is -0.830. The summed E-state index contributed by atoms with van der Waals surface area (Å²) >= 11 is 0. The van der Waals surface area contributed by atoms with Crippen LogP contribution in [-0.2, 0) is 14.3 Å². The second kappa shape index (κ2) is 3.73. The Morgan fingerprint density at radius 2 is 2.20 bits per heavy atom. The average molecular weight is 206 g/mol. The number of cyclic esters (lactones) is 1. The molecule has 0 N–H and O–H groups in total. The average Bonchev–Trinajstić information content (AvgIpc) is 2.57. The van der Waals surface area contributed by atoms with Crippen molar-refractivity contribution in [1.29, 1.82) is 0 Å². The zero-order valence-corrected chi connectivity index (χ0v) is 8.23. The first-order valence-electron chi connectivity index (χ1n) is 4.71. The molecule has 1 aromatic rings. The van der Waals surface area contributed by atoms with Gasteiger partial charge in [-0.3, -0.25) is 4.79 Å². The van der Waals surface area contributed by atoms with E-state index in [4.69, 9.17) is 9.47 Å². The quantitative estimate of drug-likeness (QED) is 0.692. The van der Waals surface area contributed by atoms with Crippen LogP contribution in [0.2, 0.25) is 0 Å². The van der Waals surface area contributed by atoms with Gasteiger partial charge in [-0.15, -0.1) is 0 Å². The fraction of sp³-hybridized carbons (Fsp3) is 0.273. The van der Waals surface area contributed by atoms with Gasteiger partial charge >= 0.3 is 11.9 Å². The molecule has 4 nitrogen and oxygen atoms in total. The Kier molecular flexibility index (Phi) is 2.41. The zero-order valence-electron chi connectivity index (χ0n) is 8.23. The summed E-state index contributed by atoms with van der Waals surface area (Å²) in [4.78, 5) is 22.4. The first-order chi connectivity index (χ1) is 7.22. The fourth-order valence-corrected chi connectivity index (χ4v) is 1.40. The van der Waals surface area contributed by atoms with Gasteiger partial charge in [0.05, 0.1) is 5.56 Å². The van der Waals surface area contributed by atoms with E-state index in [0.717, 1.165) is 0 Å². The Morgan fingerprint density at radius 1 is 1.47 bits per heavy atom. The minimum atomic E-state index is -0.874. The molecule has 0 saturated heterocycles. The first-order valence-corrected chi connectivity index (χ1v) is 4.71. The van der Waals surface area contributed by atoms with Crippen LogP contribution in [0.3, 0.4) is 0 Å². The summed E-state index contributed by atoms with van der Waals surface area (Å²) < 4.78 is 9.90. The van der Waals surface area contributed by atoms with Crippen molar-refractivity contribution in [3.63, 3.8) is 0 Å². The van der Waals surface area contributed by atoms with Crippen LogP contribution in [-0.4, -0.2) is 11.9 Å². The number of carbonyl (C=O) groups excluding carboxylic acids is 2. The highest BCUT2D eigenvalue weighted by Crippen LogP contribution is 2.31. The molecule has 1 aromatic carbocycles. The van der Waals surface area contributed by atoms with Crippen molar-refractivity contribution in [3.8, 4) is 0 Å². The molecular formula is C11H10O4. The van der Waals surface area contributed by atoms with Gasteiger partial charge in [0, 0.05) is 12.0 Å². The predicted octanol–water partition coefficient (Wildman–Crippen LogP) is 1.81. The third-order valence-corrected chi connectivity index (χ3v) is 2.18. The van der Waals surface area contributed by atoms with Crippen LogP contribution in [0.25, 0.3) is 0 Å². The molecule has 1 heterocycles. The van der Waals surface area contributed by atoms with Crippen LogP contribution in [0.1, 0.15) is 35.6 Å². The van der Waals surface area contributed by atoms with Crippen molar-refractivity contribution in [2.45, 2.75) is 19.6 Å². The molecule has 1 atom stereocenters. The van der Waals surface area contributed by atoms with Crippen LogP contribution < -0.4 is 0 Å². The Bertz CT molecular complexity index is 411. The maximum Gasteiger partial charge on any atom is 0.342 e. The van der Waals surface area contributed by atoms with E-state index >= 15 is 0 Å². The van der Waals surface area contributed by atoms with Gasteiger partial charge in [0.1, 0.15) is 0 Å². The minimum Gasteiger partial charge on any atom is -0.421 e. The van der Waals surface area contributed by atoms with Crippen LogP contribution in [0.5, 0.6) is 0 Å². The third-order valence-electron chi connectivity index (χ3n) is 2.18. The summed E-state index contributed by atoms with van der Waals surface area (Å²) in [5.41, 5.74) is 1.08. The molecule has 1 aliphatic rings. The Balaban J connectivity index is 2.25. The van der Waals surface area contributed by atoms with Crippen molar-refractivity contribution in [3.05, 3.63) is 35.4 Å². The highest BCUT2D eigenvalue weighted by molar-refractivity contribution is 5.94. The molecular weight excluding hydrogens is 196 g/mol. The lowest BCUT2D eigenvalue weighted by atomic mass is 10.1. The number of hydrogen-bond acceptors (Lipinski definition) is 4. The van der Waals surface area contributed by atoms with Crippen molar-refractivity contribution >= 4 is 11.9 Å². The molecule has 78 valence electrons. The van der Waals surface area contributed by atoms with E-state index in [2.05, 4.69) is 0 Å². The van der Waals surface area contributed by atoms with Gasteiger partial charge in [-0.2, -0.15) is 0 Å². The molecule has 0 amide bonds. The van der Waals surface area contributed by atoms with Gasteiger partial charge in [-0.1, -0.05) is 25.1 Å². The second-order valence-electron chi connectivity index (χ2n) is 3.17. The number of esters is 2. The molecule has 0 fully saturated rings. The van der Waals surface area contributed by atoms with Gasteiger partial charge in [0.15, 0.2) is 0 Å². The third kappa shape index (κ3) is 1.70. The molecule has 15 heavy (non-hydrogen) atoms. The lowest BCUT2D eigenvalue weighted by molar-refractivity contribution is -0.167. The summed E-state index contributed by atoms with van der Waals surface area (Å²) in [6.45, 7) is 1.69. The van der Waals surface area contributed by atoms with Crippen LogP contribution in [0, 0.1) is 0 Å². The van der Waals surface area contributed by atoms with Crippen molar-refractivity contribution in [2.24, 2.45) is 0 Å². The summed E-state index contributed by atoms with van der Waals surface area (Å²) in [6, 6.07) is 6.88.